The van der Waals surface area contributed by atoms with Crippen molar-refractivity contribution in [2.24, 2.45) is 0 Å². The van der Waals surface area contributed by atoms with E-state index in [9.17, 15) is 4.79 Å². The molecule has 6 heteroatoms. The number of hydrogen-bond acceptors (Lipinski definition) is 4. The maximum atomic E-state index is 13.3. The Labute approximate surface area is 176 Å². The third kappa shape index (κ3) is 3.32. The lowest BCUT2D eigenvalue weighted by Gasteiger charge is -2.27. The van der Waals surface area contributed by atoms with Crippen LogP contribution in [0.25, 0.3) is 5.69 Å². The number of hydrogen-bond donors (Lipinski definition) is 0. The number of rotatable bonds is 3. The van der Waals surface area contributed by atoms with Crippen LogP contribution in [0.3, 0.4) is 0 Å². The quantitative estimate of drug-likeness (QED) is 0.656. The first-order chi connectivity index (χ1) is 14.6. The predicted octanol–water partition coefficient (Wildman–Crippen LogP) is 4.24. The van der Waals surface area contributed by atoms with Crippen molar-refractivity contribution in [2.75, 3.05) is 19.8 Å². The Kier molecular flexibility index (Phi) is 4.69. The number of carbonyl (C=O) groups is 1. The third-order valence-electron chi connectivity index (χ3n) is 5.83. The Balaban J connectivity index is 1.38. The summed E-state index contributed by atoms with van der Waals surface area (Å²) in [4.78, 5) is 15.3. The topological polar surface area (TPSA) is 56.6 Å². The van der Waals surface area contributed by atoms with E-state index in [0.717, 1.165) is 53.5 Å². The van der Waals surface area contributed by atoms with E-state index in [2.05, 4.69) is 11.2 Å². The average Bonchev–Trinajstić information content (AvgIpc) is 3.39. The van der Waals surface area contributed by atoms with Crippen LogP contribution in [-0.4, -0.2) is 40.3 Å². The summed E-state index contributed by atoms with van der Waals surface area (Å²) >= 11 is 0. The van der Waals surface area contributed by atoms with Crippen molar-refractivity contribution in [3.63, 3.8) is 0 Å². The van der Waals surface area contributed by atoms with Crippen LogP contribution in [0.15, 0.2) is 48.5 Å². The predicted molar refractivity (Wildman–Crippen MR) is 113 cm³/mol. The Morgan fingerprint density at radius 2 is 1.77 bits per heavy atom. The van der Waals surface area contributed by atoms with Gasteiger partial charge in [0.15, 0.2) is 11.5 Å². The molecule has 1 amide bonds. The Morgan fingerprint density at radius 3 is 2.50 bits per heavy atom. The highest BCUT2D eigenvalue weighted by Crippen LogP contribution is 2.38. The van der Waals surface area contributed by atoms with Crippen molar-refractivity contribution in [2.45, 2.75) is 32.7 Å². The molecule has 1 unspecified atom stereocenters. The molecule has 0 radical (unpaired) electrons. The second-order valence-corrected chi connectivity index (χ2v) is 7.95. The molecule has 154 valence electrons. The molecule has 1 saturated heterocycles. The summed E-state index contributed by atoms with van der Waals surface area (Å²) in [6.07, 6.45) is 1.95. The molecule has 2 aromatic carbocycles. The van der Waals surface area contributed by atoms with E-state index in [1.807, 2.05) is 65.9 Å². The molecule has 30 heavy (non-hydrogen) atoms. The standard InChI is InChI=1S/C24H25N3O3/c1-16-14-17(2)27(25-16)20-8-5-18(6-9-20)24(28)26-11-3-4-21(26)19-7-10-22-23(15-19)30-13-12-29-22/h5-10,14-15,21H,3-4,11-13H2,1-2H3. The molecular weight excluding hydrogens is 378 g/mol. The normalized spacial score (nSPS) is 17.9. The first-order valence-corrected chi connectivity index (χ1v) is 10.4. The van der Waals surface area contributed by atoms with Gasteiger partial charge in [-0.25, -0.2) is 4.68 Å². The van der Waals surface area contributed by atoms with E-state index in [-0.39, 0.29) is 11.9 Å². The highest BCUT2D eigenvalue weighted by atomic mass is 16.6. The number of nitrogens with zero attached hydrogens (tertiary/aromatic N) is 3. The number of likely N-dealkylation sites (tertiary alicyclic amines) is 1. The molecule has 3 aromatic rings. The Morgan fingerprint density at radius 1 is 1.00 bits per heavy atom. The van der Waals surface area contributed by atoms with Crippen molar-refractivity contribution in [3.05, 3.63) is 71.0 Å². The fourth-order valence-corrected chi connectivity index (χ4v) is 4.42. The van der Waals surface area contributed by atoms with Crippen LogP contribution >= 0.6 is 0 Å². The molecule has 0 aliphatic carbocycles. The van der Waals surface area contributed by atoms with Crippen molar-refractivity contribution >= 4 is 5.91 Å². The van der Waals surface area contributed by atoms with Crippen LogP contribution in [0.1, 0.15) is 46.2 Å². The van der Waals surface area contributed by atoms with Crippen LogP contribution in [-0.2, 0) is 0 Å². The zero-order valence-electron chi connectivity index (χ0n) is 17.3. The molecule has 0 bridgehead atoms. The van der Waals surface area contributed by atoms with Gasteiger partial charge in [0, 0.05) is 17.8 Å². The number of fused-ring (bicyclic) bond motifs is 1. The lowest BCUT2D eigenvalue weighted by molar-refractivity contribution is 0.0735. The minimum Gasteiger partial charge on any atom is -0.486 e. The van der Waals surface area contributed by atoms with Crippen LogP contribution < -0.4 is 9.47 Å². The maximum Gasteiger partial charge on any atom is 0.254 e. The molecule has 2 aliphatic heterocycles. The van der Waals surface area contributed by atoms with E-state index in [1.165, 1.54) is 0 Å². The van der Waals surface area contributed by atoms with E-state index in [4.69, 9.17) is 9.47 Å². The smallest absolute Gasteiger partial charge is 0.254 e. The van der Waals surface area contributed by atoms with Gasteiger partial charge in [-0.1, -0.05) is 6.07 Å². The van der Waals surface area contributed by atoms with Crippen molar-refractivity contribution in [1.29, 1.82) is 0 Å². The van der Waals surface area contributed by atoms with Gasteiger partial charge in [0.1, 0.15) is 13.2 Å². The van der Waals surface area contributed by atoms with Crippen LogP contribution in [0.2, 0.25) is 0 Å². The van der Waals surface area contributed by atoms with E-state index in [0.29, 0.717) is 18.8 Å². The summed E-state index contributed by atoms with van der Waals surface area (Å²) in [7, 11) is 0. The van der Waals surface area contributed by atoms with Crippen molar-refractivity contribution < 1.29 is 14.3 Å². The highest BCUT2D eigenvalue weighted by molar-refractivity contribution is 5.95. The highest BCUT2D eigenvalue weighted by Gasteiger charge is 2.31. The SMILES string of the molecule is Cc1cc(C)n(-c2ccc(C(=O)N3CCCC3c3ccc4c(c3)OCCO4)cc2)n1. The van der Waals surface area contributed by atoms with Gasteiger partial charge in [-0.15, -0.1) is 0 Å². The lowest BCUT2D eigenvalue weighted by Crippen LogP contribution is -2.30. The van der Waals surface area contributed by atoms with Crippen molar-refractivity contribution in [1.82, 2.24) is 14.7 Å². The third-order valence-corrected chi connectivity index (χ3v) is 5.83. The molecule has 1 atom stereocenters. The van der Waals surface area contributed by atoms with E-state index < -0.39 is 0 Å². The summed E-state index contributed by atoms with van der Waals surface area (Å²) < 4.78 is 13.3. The number of benzene rings is 2. The summed E-state index contributed by atoms with van der Waals surface area (Å²) in [6.45, 7) is 5.91. The zero-order valence-corrected chi connectivity index (χ0v) is 17.3. The number of aryl methyl sites for hydroxylation is 2. The largest absolute Gasteiger partial charge is 0.486 e. The monoisotopic (exact) mass is 403 g/mol. The second-order valence-electron chi connectivity index (χ2n) is 7.95. The van der Waals surface area contributed by atoms with Crippen molar-refractivity contribution in [3.8, 4) is 17.2 Å². The first kappa shape index (κ1) is 18.7. The molecule has 3 heterocycles. The van der Waals surface area contributed by atoms with E-state index in [1.54, 1.807) is 0 Å². The van der Waals surface area contributed by atoms with Gasteiger partial charge in [-0.2, -0.15) is 5.10 Å². The molecule has 0 spiro atoms. The number of amides is 1. The van der Waals surface area contributed by atoms with E-state index >= 15 is 0 Å². The first-order valence-electron chi connectivity index (χ1n) is 10.4. The van der Waals surface area contributed by atoms with Gasteiger partial charge in [-0.05, 0) is 74.7 Å². The fraction of sp³-hybridized carbons (Fsp3) is 0.333. The molecule has 0 saturated carbocycles. The Hall–Kier alpha value is -3.28. The van der Waals surface area contributed by atoms with Crippen LogP contribution in [0.5, 0.6) is 11.5 Å². The lowest BCUT2D eigenvalue weighted by atomic mass is 10.0. The van der Waals surface area contributed by atoms with Gasteiger partial charge in [0.05, 0.1) is 17.4 Å². The molecule has 6 nitrogen and oxygen atoms in total. The average molecular weight is 403 g/mol. The van der Waals surface area contributed by atoms with Gasteiger partial charge in [-0.3, -0.25) is 4.79 Å². The van der Waals surface area contributed by atoms with Crippen LogP contribution in [0, 0.1) is 13.8 Å². The second kappa shape index (κ2) is 7.52. The van der Waals surface area contributed by atoms with Gasteiger partial charge in [0.2, 0.25) is 0 Å². The number of aromatic nitrogens is 2. The summed E-state index contributed by atoms with van der Waals surface area (Å²) in [5.74, 6) is 1.61. The zero-order chi connectivity index (χ0) is 20.7. The maximum absolute atomic E-state index is 13.3. The minimum absolute atomic E-state index is 0.0593. The molecular formula is C24H25N3O3. The fourth-order valence-electron chi connectivity index (χ4n) is 4.42. The molecule has 5 rings (SSSR count). The van der Waals surface area contributed by atoms with Gasteiger partial charge in [0.25, 0.3) is 5.91 Å². The molecule has 1 aromatic heterocycles. The van der Waals surface area contributed by atoms with Gasteiger partial charge < -0.3 is 14.4 Å². The van der Waals surface area contributed by atoms with Gasteiger partial charge >= 0.3 is 0 Å². The summed E-state index contributed by atoms with van der Waals surface area (Å²) in [6, 6.07) is 15.8. The summed E-state index contributed by atoms with van der Waals surface area (Å²) in [5.41, 5.74) is 4.81. The van der Waals surface area contributed by atoms with Crippen LogP contribution in [0.4, 0.5) is 0 Å². The molecule has 1 fully saturated rings. The summed E-state index contributed by atoms with van der Waals surface area (Å²) in [5, 5.41) is 4.52. The number of ether oxygens (including phenoxy) is 2. The Bertz CT molecular complexity index is 1090. The number of carbonyl (C=O) groups excluding carboxylic acids is 1. The molecule has 0 N–H and O–H groups in total. The molecule has 2 aliphatic rings. The minimum atomic E-state index is 0.0593.